The summed E-state index contributed by atoms with van der Waals surface area (Å²) in [7, 11) is -1.62. The third-order valence-electron chi connectivity index (χ3n) is 5.87. The van der Waals surface area contributed by atoms with E-state index >= 15 is 0 Å². The molecule has 1 unspecified atom stereocenters. The molecule has 1 atom stereocenters. The lowest BCUT2D eigenvalue weighted by Gasteiger charge is -2.12. The highest BCUT2D eigenvalue weighted by Crippen LogP contribution is 2.39. The smallest absolute Gasteiger partial charge is 0.150 e. The molecule has 2 heterocycles. The van der Waals surface area contributed by atoms with Crippen LogP contribution in [-0.2, 0) is 11.0 Å². The Kier molecular flexibility index (Phi) is 5.57. The number of hydrogen-bond acceptors (Lipinski definition) is 4. The minimum Gasteiger partial charge on any atom is -0.383 e. The van der Waals surface area contributed by atoms with Crippen LogP contribution in [0.3, 0.4) is 0 Å². The summed E-state index contributed by atoms with van der Waals surface area (Å²) in [5.74, 6) is -0.143. The van der Waals surface area contributed by atoms with Crippen LogP contribution in [0.5, 0.6) is 0 Å². The lowest BCUT2D eigenvalue weighted by molar-refractivity contribution is 0.532. The molecular weight excluding hydrogens is 449 g/mol. The van der Waals surface area contributed by atoms with Gasteiger partial charge in [-0.2, -0.15) is 0 Å². The van der Waals surface area contributed by atoms with Crippen molar-refractivity contribution in [3.8, 4) is 11.1 Å². The number of hydrogen-bond donors (Lipinski definition) is 2. The maximum Gasteiger partial charge on any atom is 0.150 e. The van der Waals surface area contributed by atoms with Crippen molar-refractivity contribution in [3.63, 3.8) is 0 Å². The molecule has 32 heavy (non-hydrogen) atoms. The monoisotopic (exact) mass is 469 g/mol. The van der Waals surface area contributed by atoms with Gasteiger partial charge in [0.15, 0.2) is 0 Å². The van der Waals surface area contributed by atoms with Crippen molar-refractivity contribution in [2.75, 3.05) is 10.5 Å². The number of nitrogens with zero attached hydrogens (tertiary/aromatic N) is 3. The van der Waals surface area contributed by atoms with Crippen molar-refractivity contribution in [2.45, 2.75) is 36.6 Å². The van der Waals surface area contributed by atoms with Crippen LogP contribution in [0.25, 0.3) is 22.2 Å². The summed E-state index contributed by atoms with van der Waals surface area (Å²) in [4.78, 5) is 9.12. The lowest BCUT2D eigenvalue weighted by Crippen LogP contribution is -2.06. The first kappa shape index (κ1) is 20.9. The largest absolute Gasteiger partial charge is 0.383 e. The maximum atomic E-state index is 15.0. The van der Waals surface area contributed by atoms with Crippen LogP contribution >= 0.6 is 11.6 Å². The summed E-state index contributed by atoms with van der Waals surface area (Å²) in [6.07, 6.45) is 7.99. The van der Waals surface area contributed by atoms with Gasteiger partial charge < -0.3 is 10.3 Å². The average molecular weight is 470 g/mol. The molecule has 0 aliphatic heterocycles. The molecule has 0 bridgehead atoms. The molecule has 5 rings (SSSR count). The fraction of sp³-hybridized carbons (Fsp3) is 0.217. The zero-order valence-corrected chi connectivity index (χ0v) is 18.7. The van der Waals surface area contributed by atoms with Crippen LogP contribution in [0.1, 0.15) is 31.7 Å². The summed E-state index contributed by atoms with van der Waals surface area (Å²) >= 11 is 5.87. The van der Waals surface area contributed by atoms with Crippen molar-refractivity contribution in [2.24, 2.45) is 0 Å². The van der Waals surface area contributed by atoms with E-state index in [0.29, 0.717) is 27.3 Å². The van der Waals surface area contributed by atoms with Gasteiger partial charge in [-0.05, 0) is 54.8 Å². The second-order valence-electron chi connectivity index (χ2n) is 7.87. The molecule has 9 heteroatoms. The van der Waals surface area contributed by atoms with Crippen molar-refractivity contribution < 1.29 is 8.60 Å². The third kappa shape index (κ3) is 3.84. The first-order chi connectivity index (χ1) is 15.5. The topological polar surface area (TPSA) is 85.8 Å². The zero-order chi connectivity index (χ0) is 22.2. The van der Waals surface area contributed by atoms with Gasteiger partial charge in [-0.25, -0.2) is 18.6 Å². The first-order valence-corrected chi connectivity index (χ1v) is 11.9. The van der Waals surface area contributed by atoms with E-state index in [9.17, 15) is 8.60 Å². The van der Waals surface area contributed by atoms with Gasteiger partial charge in [0.05, 0.1) is 16.0 Å². The summed E-state index contributed by atoms with van der Waals surface area (Å²) in [5.41, 5.74) is 8.56. The van der Waals surface area contributed by atoms with Crippen molar-refractivity contribution in [1.29, 1.82) is 0 Å². The van der Waals surface area contributed by atoms with Crippen LogP contribution in [-0.4, -0.2) is 18.7 Å². The highest BCUT2D eigenvalue weighted by atomic mass is 35.5. The van der Waals surface area contributed by atoms with E-state index in [2.05, 4.69) is 19.3 Å². The normalized spacial score (nSPS) is 15.3. The third-order valence-corrected chi connectivity index (χ3v) is 7.22. The van der Waals surface area contributed by atoms with Crippen LogP contribution in [0, 0.1) is 5.82 Å². The summed E-state index contributed by atoms with van der Waals surface area (Å²) in [6.45, 7) is 0. The van der Waals surface area contributed by atoms with Gasteiger partial charge in [-0.15, -0.1) is 0 Å². The Labute approximate surface area is 192 Å². The molecule has 4 aromatic rings. The standard InChI is InChI=1S/C23H21ClFN5OS/c24-15-6-8-17(9-7-15)32(31)29-20-10-5-14(11-19(20)25)18-12-30(16-3-1-2-4-16)23-21(18)22(26)27-13-28-23/h5-13,16,29H,1-4H2,(H2,26,27,28). The molecule has 0 saturated heterocycles. The Bertz CT molecular complexity index is 1320. The van der Waals surface area contributed by atoms with Crippen LogP contribution < -0.4 is 10.5 Å². The summed E-state index contributed by atoms with van der Waals surface area (Å²) < 4.78 is 32.4. The molecule has 1 aliphatic carbocycles. The van der Waals surface area contributed by atoms with Crippen molar-refractivity contribution in [3.05, 3.63) is 65.8 Å². The number of nitrogen functional groups attached to an aromatic ring is 1. The van der Waals surface area contributed by atoms with Gasteiger partial charge in [0, 0.05) is 22.8 Å². The summed E-state index contributed by atoms with van der Waals surface area (Å²) in [6, 6.07) is 11.7. The number of nitrogens with two attached hydrogens (primary N) is 1. The number of fused-ring (bicyclic) bond motifs is 1. The van der Waals surface area contributed by atoms with Gasteiger partial charge in [-0.3, -0.25) is 4.72 Å². The van der Waals surface area contributed by atoms with E-state index in [1.165, 1.54) is 25.2 Å². The Balaban J connectivity index is 1.50. The highest BCUT2D eigenvalue weighted by Gasteiger charge is 2.23. The van der Waals surface area contributed by atoms with E-state index in [-0.39, 0.29) is 5.69 Å². The van der Waals surface area contributed by atoms with Crippen molar-refractivity contribution >= 4 is 45.1 Å². The molecule has 0 spiro atoms. The molecule has 2 aromatic carbocycles. The van der Waals surface area contributed by atoms with Crippen LogP contribution in [0.4, 0.5) is 15.9 Å². The fourth-order valence-electron chi connectivity index (χ4n) is 4.27. The quantitative estimate of drug-likeness (QED) is 0.391. The molecule has 0 radical (unpaired) electrons. The average Bonchev–Trinajstić information content (AvgIpc) is 3.44. The minimum atomic E-state index is -1.62. The lowest BCUT2D eigenvalue weighted by atomic mass is 10.1. The zero-order valence-electron chi connectivity index (χ0n) is 17.1. The Hall–Kier alpha value is -2.97. The maximum absolute atomic E-state index is 15.0. The minimum absolute atomic E-state index is 0.144. The molecule has 6 nitrogen and oxygen atoms in total. The number of rotatable bonds is 5. The second kappa shape index (κ2) is 8.52. The molecular formula is C23H21ClFN5OS. The molecule has 164 valence electrons. The highest BCUT2D eigenvalue weighted by molar-refractivity contribution is 7.86. The molecule has 1 saturated carbocycles. The fourth-order valence-corrected chi connectivity index (χ4v) is 5.26. The van der Waals surface area contributed by atoms with E-state index in [4.69, 9.17) is 17.3 Å². The molecule has 1 fully saturated rings. The van der Waals surface area contributed by atoms with E-state index in [1.807, 2.05) is 6.20 Å². The van der Waals surface area contributed by atoms with Crippen molar-refractivity contribution in [1.82, 2.24) is 14.5 Å². The second-order valence-corrected chi connectivity index (χ2v) is 9.51. The van der Waals surface area contributed by atoms with E-state index in [0.717, 1.165) is 29.4 Å². The van der Waals surface area contributed by atoms with E-state index < -0.39 is 16.8 Å². The summed E-state index contributed by atoms with van der Waals surface area (Å²) in [5, 5.41) is 1.27. The predicted octanol–water partition coefficient (Wildman–Crippen LogP) is 5.72. The first-order valence-electron chi connectivity index (χ1n) is 10.4. The van der Waals surface area contributed by atoms with Gasteiger partial charge in [0.1, 0.15) is 34.6 Å². The van der Waals surface area contributed by atoms with Crippen LogP contribution in [0.2, 0.25) is 5.02 Å². The Morgan fingerprint density at radius 2 is 1.88 bits per heavy atom. The predicted molar refractivity (Wildman–Crippen MR) is 126 cm³/mol. The molecule has 3 N–H and O–H groups in total. The number of halogens is 2. The van der Waals surface area contributed by atoms with E-state index in [1.54, 1.807) is 36.4 Å². The number of anilines is 2. The molecule has 2 aromatic heterocycles. The van der Waals surface area contributed by atoms with Gasteiger partial charge in [-0.1, -0.05) is 30.5 Å². The Morgan fingerprint density at radius 3 is 2.59 bits per heavy atom. The molecule has 1 aliphatic rings. The SMILES string of the molecule is Nc1ncnc2c1c(-c1ccc(NS(=O)c3ccc(Cl)cc3)c(F)c1)cn2C1CCCC1. The molecule has 0 amide bonds. The van der Waals surface area contributed by atoms with Gasteiger partial charge >= 0.3 is 0 Å². The number of nitrogens with one attached hydrogen (secondary N) is 1. The van der Waals surface area contributed by atoms with Crippen LogP contribution in [0.15, 0.2) is 59.9 Å². The number of aromatic nitrogens is 3. The Morgan fingerprint density at radius 1 is 1.12 bits per heavy atom. The van der Waals surface area contributed by atoms with Gasteiger partial charge in [0.2, 0.25) is 0 Å². The number of benzene rings is 2. The van der Waals surface area contributed by atoms with Gasteiger partial charge in [0.25, 0.3) is 0 Å².